The van der Waals surface area contributed by atoms with Crippen LogP contribution in [-0.2, 0) is 13.0 Å². The van der Waals surface area contributed by atoms with Crippen LogP contribution in [0, 0.1) is 0 Å². The minimum Gasteiger partial charge on any atom is -0.493 e. The Kier molecular flexibility index (Phi) is 4.64. The molecule has 0 aliphatic carbocycles. The van der Waals surface area contributed by atoms with E-state index in [9.17, 15) is 0 Å². The monoisotopic (exact) mass is 338 g/mol. The second-order valence-corrected chi connectivity index (χ2v) is 6.76. The van der Waals surface area contributed by atoms with Crippen LogP contribution < -0.4 is 10.5 Å². The predicted molar refractivity (Wildman–Crippen MR) is 85.1 cm³/mol. The van der Waals surface area contributed by atoms with E-state index >= 15 is 0 Å². The number of rotatable bonds is 4. The molecule has 110 valence electrons. The van der Waals surface area contributed by atoms with Crippen molar-refractivity contribution in [1.82, 2.24) is 4.90 Å². The maximum atomic E-state index is 5.85. The van der Waals surface area contributed by atoms with Crippen LogP contribution in [0.3, 0.4) is 0 Å². The fraction of sp³-hybridized carbons (Fsp3) is 0.625. The zero-order valence-corrected chi connectivity index (χ0v) is 13.5. The number of halogens is 1. The van der Waals surface area contributed by atoms with E-state index in [1.54, 1.807) is 0 Å². The SMILES string of the molecule is NCCC1CCCCN1Cc1cc(Br)cc2c1OCC2. The molecule has 1 aromatic rings. The summed E-state index contributed by atoms with van der Waals surface area (Å²) in [6.07, 6.45) is 6.08. The molecule has 2 aliphatic rings. The van der Waals surface area contributed by atoms with E-state index in [4.69, 9.17) is 10.5 Å². The number of hydrogen-bond donors (Lipinski definition) is 1. The first kappa shape index (κ1) is 14.4. The van der Waals surface area contributed by atoms with Gasteiger partial charge in [0.1, 0.15) is 5.75 Å². The van der Waals surface area contributed by atoms with Crippen molar-refractivity contribution in [3.05, 3.63) is 27.7 Å². The molecule has 1 aromatic carbocycles. The largest absolute Gasteiger partial charge is 0.493 e. The van der Waals surface area contributed by atoms with Crippen LogP contribution in [0.1, 0.15) is 36.8 Å². The highest BCUT2D eigenvalue weighted by Gasteiger charge is 2.25. The standard InChI is InChI=1S/C16H23BrN2O/c17-14-9-12-5-8-20-16(12)13(10-14)11-19-7-2-1-3-15(19)4-6-18/h9-10,15H,1-8,11,18H2. The summed E-state index contributed by atoms with van der Waals surface area (Å²) in [5.41, 5.74) is 8.45. The molecule has 2 N–H and O–H groups in total. The first-order valence-corrected chi connectivity index (χ1v) is 8.45. The first-order valence-electron chi connectivity index (χ1n) is 7.66. The lowest BCUT2D eigenvalue weighted by Gasteiger charge is -2.36. The number of benzene rings is 1. The van der Waals surface area contributed by atoms with Gasteiger partial charge in [-0.3, -0.25) is 4.90 Å². The van der Waals surface area contributed by atoms with Crippen LogP contribution in [0.15, 0.2) is 16.6 Å². The van der Waals surface area contributed by atoms with Gasteiger partial charge in [0.05, 0.1) is 6.61 Å². The number of likely N-dealkylation sites (tertiary alicyclic amines) is 1. The summed E-state index contributed by atoms with van der Waals surface area (Å²) in [6, 6.07) is 5.06. The number of ether oxygens (including phenoxy) is 1. The Morgan fingerprint density at radius 3 is 3.10 bits per heavy atom. The number of nitrogens with zero attached hydrogens (tertiary/aromatic N) is 1. The molecule has 3 nitrogen and oxygen atoms in total. The number of piperidine rings is 1. The van der Waals surface area contributed by atoms with Gasteiger partial charge in [-0.2, -0.15) is 0 Å². The van der Waals surface area contributed by atoms with E-state index in [0.29, 0.717) is 6.04 Å². The molecule has 0 bridgehead atoms. The minimum absolute atomic E-state index is 0.643. The van der Waals surface area contributed by atoms with Gasteiger partial charge in [0.2, 0.25) is 0 Å². The van der Waals surface area contributed by atoms with Crippen molar-refractivity contribution >= 4 is 15.9 Å². The fourth-order valence-corrected chi connectivity index (χ4v) is 4.02. The van der Waals surface area contributed by atoms with Crippen molar-refractivity contribution < 1.29 is 4.74 Å². The lowest BCUT2D eigenvalue weighted by Crippen LogP contribution is -2.40. The molecule has 1 fully saturated rings. The lowest BCUT2D eigenvalue weighted by molar-refractivity contribution is 0.132. The number of hydrogen-bond acceptors (Lipinski definition) is 3. The Balaban J connectivity index is 1.79. The molecule has 3 rings (SSSR count). The van der Waals surface area contributed by atoms with Crippen LogP contribution >= 0.6 is 15.9 Å². The minimum atomic E-state index is 0.643. The van der Waals surface area contributed by atoms with Gasteiger partial charge >= 0.3 is 0 Å². The average molecular weight is 339 g/mol. The van der Waals surface area contributed by atoms with E-state index in [1.165, 1.54) is 41.4 Å². The molecule has 2 heterocycles. The van der Waals surface area contributed by atoms with Gasteiger partial charge in [0, 0.05) is 29.0 Å². The van der Waals surface area contributed by atoms with Crippen molar-refractivity contribution in [1.29, 1.82) is 0 Å². The van der Waals surface area contributed by atoms with Crippen LogP contribution in [0.2, 0.25) is 0 Å². The Hall–Kier alpha value is -0.580. The fourth-order valence-electron chi connectivity index (χ4n) is 3.47. The van der Waals surface area contributed by atoms with Crippen LogP contribution in [0.5, 0.6) is 5.75 Å². The van der Waals surface area contributed by atoms with E-state index < -0.39 is 0 Å². The van der Waals surface area contributed by atoms with E-state index in [-0.39, 0.29) is 0 Å². The molecular weight excluding hydrogens is 316 g/mol. The van der Waals surface area contributed by atoms with Crippen molar-refractivity contribution in [2.24, 2.45) is 5.73 Å². The maximum absolute atomic E-state index is 5.85. The Morgan fingerprint density at radius 1 is 1.35 bits per heavy atom. The van der Waals surface area contributed by atoms with Gasteiger partial charge in [-0.1, -0.05) is 22.4 Å². The lowest BCUT2D eigenvalue weighted by atomic mass is 9.98. The third kappa shape index (κ3) is 3.02. The summed E-state index contributed by atoms with van der Waals surface area (Å²) in [5.74, 6) is 1.13. The second kappa shape index (κ2) is 6.46. The molecule has 1 unspecified atom stereocenters. The van der Waals surface area contributed by atoms with E-state index in [2.05, 4.69) is 33.0 Å². The van der Waals surface area contributed by atoms with Gasteiger partial charge in [-0.15, -0.1) is 0 Å². The van der Waals surface area contributed by atoms with Crippen molar-refractivity contribution in [2.45, 2.75) is 44.7 Å². The van der Waals surface area contributed by atoms with Crippen LogP contribution in [0.25, 0.3) is 0 Å². The highest BCUT2D eigenvalue weighted by atomic mass is 79.9. The Morgan fingerprint density at radius 2 is 2.25 bits per heavy atom. The summed E-state index contributed by atoms with van der Waals surface area (Å²) in [7, 11) is 0. The molecule has 0 spiro atoms. The molecule has 1 atom stereocenters. The molecule has 0 aromatic heterocycles. The number of fused-ring (bicyclic) bond motifs is 1. The van der Waals surface area contributed by atoms with Gasteiger partial charge in [-0.25, -0.2) is 0 Å². The topological polar surface area (TPSA) is 38.5 Å². The summed E-state index contributed by atoms with van der Waals surface area (Å²) in [4.78, 5) is 2.60. The molecule has 4 heteroatoms. The summed E-state index contributed by atoms with van der Waals surface area (Å²) in [6.45, 7) is 3.79. The van der Waals surface area contributed by atoms with Crippen LogP contribution in [0.4, 0.5) is 0 Å². The third-order valence-electron chi connectivity index (χ3n) is 4.45. The quantitative estimate of drug-likeness (QED) is 0.916. The van der Waals surface area contributed by atoms with E-state index in [0.717, 1.165) is 38.3 Å². The molecule has 0 amide bonds. The van der Waals surface area contributed by atoms with Crippen molar-refractivity contribution in [3.63, 3.8) is 0 Å². The highest BCUT2D eigenvalue weighted by Crippen LogP contribution is 2.35. The summed E-state index contributed by atoms with van der Waals surface area (Å²) < 4.78 is 7.02. The van der Waals surface area contributed by atoms with Gasteiger partial charge in [0.25, 0.3) is 0 Å². The van der Waals surface area contributed by atoms with Crippen molar-refractivity contribution in [3.8, 4) is 5.75 Å². The smallest absolute Gasteiger partial charge is 0.127 e. The Labute approximate surface area is 129 Å². The number of nitrogens with two attached hydrogens (primary N) is 1. The van der Waals surface area contributed by atoms with Gasteiger partial charge in [0.15, 0.2) is 0 Å². The zero-order valence-electron chi connectivity index (χ0n) is 11.9. The summed E-state index contributed by atoms with van der Waals surface area (Å²) >= 11 is 3.63. The highest BCUT2D eigenvalue weighted by molar-refractivity contribution is 9.10. The first-order chi connectivity index (χ1) is 9.78. The zero-order chi connectivity index (χ0) is 13.9. The van der Waals surface area contributed by atoms with Crippen LogP contribution in [-0.4, -0.2) is 30.6 Å². The van der Waals surface area contributed by atoms with E-state index in [1.807, 2.05) is 0 Å². The maximum Gasteiger partial charge on any atom is 0.127 e. The van der Waals surface area contributed by atoms with Crippen molar-refractivity contribution in [2.75, 3.05) is 19.7 Å². The molecule has 2 aliphatic heterocycles. The van der Waals surface area contributed by atoms with Gasteiger partial charge < -0.3 is 10.5 Å². The van der Waals surface area contributed by atoms with Gasteiger partial charge in [-0.05, 0) is 50.0 Å². The molecule has 1 saturated heterocycles. The molecule has 20 heavy (non-hydrogen) atoms. The molecule has 0 radical (unpaired) electrons. The second-order valence-electron chi connectivity index (χ2n) is 5.85. The third-order valence-corrected chi connectivity index (χ3v) is 4.91. The predicted octanol–water partition coefficient (Wildman–Crippen LogP) is 3.09. The molecule has 0 saturated carbocycles. The molecular formula is C16H23BrN2O. The summed E-state index contributed by atoms with van der Waals surface area (Å²) in [5, 5.41) is 0. The Bertz CT molecular complexity index is 476. The average Bonchev–Trinajstić information content (AvgIpc) is 2.89. The normalized spacial score (nSPS) is 22.6.